The van der Waals surface area contributed by atoms with E-state index in [2.05, 4.69) is 46.9 Å². The Morgan fingerprint density at radius 3 is 2.11 bits per heavy atom. The van der Waals surface area contributed by atoms with E-state index in [0.717, 1.165) is 26.1 Å². The average molecular weight is 257 g/mol. The highest BCUT2D eigenvalue weighted by Crippen LogP contribution is 2.25. The van der Waals surface area contributed by atoms with Crippen molar-refractivity contribution in [1.29, 1.82) is 0 Å². The molecule has 1 saturated carbocycles. The topological polar surface area (TPSA) is 30.5 Å². The zero-order valence-corrected chi connectivity index (χ0v) is 13.0. The normalized spacial score (nSPS) is 25.0. The molecule has 0 unspecified atom stereocenters. The van der Waals surface area contributed by atoms with Crippen LogP contribution in [-0.2, 0) is 9.47 Å². The molecule has 1 aliphatic rings. The van der Waals surface area contributed by atoms with Crippen LogP contribution >= 0.6 is 0 Å². The Labute approximate surface area is 113 Å². The summed E-state index contributed by atoms with van der Waals surface area (Å²) in [6.45, 7) is 15.4. The van der Waals surface area contributed by atoms with Gasteiger partial charge in [0.2, 0.25) is 0 Å². The smallest absolute Gasteiger partial charge is 0.0704 e. The minimum Gasteiger partial charge on any atom is -0.379 e. The van der Waals surface area contributed by atoms with Crippen LogP contribution in [0.3, 0.4) is 0 Å². The summed E-state index contributed by atoms with van der Waals surface area (Å²) in [7, 11) is 0. The van der Waals surface area contributed by atoms with E-state index in [1.165, 1.54) is 0 Å². The van der Waals surface area contributed by atoms with Gasteiger partial charge in [-0.15, -0.1) is 0 Å². The van der Waals surface area contributed by atoms with Gasteiger partial charge >= 0.3 is 0 Å². The number of hydrogen-bond donors (Lipinski definition) is 1. The molecule has 0 aromatic heterocycles. The summed E-state index contributed by atoms with van der Waals surface area (Å²) in [5.74, 6) is 0. The van der Waals surface area contributed by atoms with Gasteiger partial charge in [0, 0.05) is 11.6 Å². The highest BCUT2D eigenvalue weighted by atomic mass is 16.5. The molecular formula is C15H31NO2. The number of hydrogen-bond acceptors (Lipinski definition) is 3. The second kappa shape index (κ2) is 6.36. The highest BCUT2D eigenvalue weighted by molar-refractivity contribution is 4.90. The van der Waals surface area contributed by atoms with Crippen LogP contribution in [0.1, 0.15) is 54.4 Å². The quantitative estimate of drug-likeness (QED) is 0.742. The third kappa shape index (κ3) is 7.34. The zero-order chi connectivity index (χ0) is 13.8. The van der Waals surface area contributed by atoms with E-state index < -0.39 is 0 Å². The molecule has 0 atom stereocenters. The third-order valence-electron chi connectivity index (χ3n) is 2.85. The maximum absolute atomic E-state index is 5.77. The SMILES string of the molecule is CC(C)(C)COCCO[C@H]1C[C@H](NC(C)(C)C)C1. The van der Waals surface area contributed by atoms with Gasteiger partial charge in [0.25, 0.3) is 0 Å². The number of rotatable bonds is 6. The maximum Gasteiger partial charge on any atom is 0.0704 e. The Morgan fingerprint density at radius 1 is 1.00 bits per heavy atom. The van der Waals surface area contributed by atoms with Gasteiger partial charge in [0.15, 0.2) is 0 Å². The van der Waals surface area contributed by atoms with Crippen LogP contribution in [0.5, 0.6) is 0 Å². The van der Waals surface area contributed by atoms with Gasteiger partial charge in [-0.2, -0.15) is 0 Å². The van der Waals surface area contributed by atoms with Gasteiger partial charge in [0.1, 0.15) is 0 Å². The van der Waals surface area contributed by atoms with Crippen LogP contribution in [0, 0.1) is 5.41 Å². The summed E-state index contributed by atoms with van der Waals surface area (Å²) in [5, 5.41) is 3.60. The van der Waals surface area contributed by atoms with Crippen molar-refractivity contribution in [2.75, 3.05) is 19.8 Å². The van der Waals surface area contributed by atoms with Crippen LogP contribution in [0.15, 0.2) is 0 Å². The molecule has 0 bridgehead atoms. The maximum atomic E-state index is 5.77. The molecular weight excluding hydrogens is 226 g/mol. The van der Waals surface area contributed by atoms with E-state index in [1.807, 2.05) is 0 Å². The van der Waals surface area contributed by atoms with E-state index in [0.29, 0.717) is 18.8 Å². The Bertz CT molecular complexity index is 234. The molecule has 1 fully saturated rings. The molecule has 1 rings (SSSR count). The largest absolute Gasteiger partial charge is 0.379 e. The Balaban J connectivity index is 1.94. The van der Waals surface area contributed by atoms with Crippen LogP contribution in [-0.4, -0.2) is 37.5 Å². The first-order valence-electron chi connectivity index (χ1n) is 7.13. The van der Waals surface area contributed by atoms with Gasteiger partial charge in [-0.25, -0.2) is 0 Å². The van der Waals surface area contributed by atoms with E-state index >= 15 is 0 Å². The molecule has 18 heavy (non-hydrogen) atoms. The fraction of sp³-hybridized carbons (Fsp3) is 1.00. The van der Waals surface area contributed by atoms with Crippen molar-refractivity contribution in [3.05, 3.63) is 0 Å². The van der Waals surface area contributed by atoms with Crippen LogP contribution in [0.4, 0.5) is 0 Å². The Morgan fingerprint density at radius 2 is 1.61 bits per heavy atom. The van der Waals surface area contributed by atoms with Gasteiger partial charge in [-0.1, -0.05) is 20.8 Å². The molecule has 1 aliphatic carbocycles. The molecule has 0 saturated heterocycles. The van der Waals surface area contributed by atoms with E-state index in [1.54, 1.807) is 0 Å². The van der Waals surface area contributed by atoms with Crippen molar-refractivity contribution in [1.82, 2.24) is 5.32 Å². The van der Waals surface area contributed by atoms with E-state index in [9.17, 15) is 0 Å². The lowest BCUT2D eigenvalue weighted by Gasteiger charge is -2.40. The number of nitrogens with one attached hydrogen (secondary N) is 1. The summed E-state index contributed by atoms with van der Waals surface area (Å²) in [6, 6.07) is 0.630. The van der Waals surface area contributed by atoms with Gasteiger partial charge in [-0.05, 0) is 39.0 Å². The molecule has 0 radical (unpaired) electrons. The van der Waals surface area contributed by atoms with Crippen molar-refractivity contribution in [3.63, 3.8) is 0 Å². The summed E-state index contributed by atoms with van der Waals surface area (Å²) in [6.07, 6.45) is 2.70. The summed E-state index contributed by atoms with van der Waals surface area (Å²) in [4.78, 5) is 0. The number of ether oxygens (including phenoxy) is 2. The molecule has 0 aromatic carbocycles. The zero-order valence-electron chi connectivity index (χ0n) is 13.0. The van der Waals surface area contributed by atoms with Crippen LogP contribution < -0.4 is 5.32 Å². The van der Waals surface area contributed by atoms with E-state index in [-0.39, 0.29) is 11.0 Å². The first kappa shape index (κ1) is 15.9. The van der Waals surface area contributed by atoms with Gasteiger partial charge in [0.05, 0.1) is 25.9 Å². The Kier molecular flexibility index (Phi) is 5.63. The molecule has 0 aliphatic heterocycles. The van der Waals surface area contributed by atoms with Crippen molar-refractivity contribution >= 4 is 0 Å². The second-order valence-electron chi connectivity index (χ2n) is 7.67. The average Bonchev–Trinajstić information content (AvgIpc) is 2.08. The lowest BCUT2D eigenvalue weighted by Crippen LogP contribution is -2.52. The standard InChI is InChI=1S/C15H31NO2/c1-14(2,3)11-17-7-8-18-13-9-12(10-13)16-15(4,5)6/h12-13,16H,7-11H2,1-6H3/t12-,13-. The molecule has 108 valence electrons. The van der Waals surface area contributed by atoms with Crippen LogP contribution in [0.25, 0.3) is 0 Å². The van der Waals surface area contributed by atoms with Crippen molar-refractivity contribution in [2.45, 2.75) is 72.1 Å². The van der Waals surface area contributed by atoms with Crippen molar-refractivity contribution in [2.24, 2.45) is 5.41 Å². The lowest BCUT2D eigenvalue weighted by atomic mass is 9.87. The summed E-state index contributed by atoms with van der Waals surface area (Å²) < 4.78 is 11.4. The minimum absolute atomic E-state index is 0.214. The van der Waals surface area contributed by atoms with Crippen LogP contribution in [0.2, 0.25) is 0 Å². The van der Waals surface area contributed by atoms with E-state index in [4.69, 9.17) is 9.47 Å². The highest BCUT2D eigenvalue weighted by Gasteiger charge is 2.31. The molecule has 3 nitrogen and oxygen atoms in total. The predicted octanol–water partition coefficient (Wildman–Crippen LogP) is 2.98. The lowest BCUT2D eigenvalue weighted by molar-refractivity contribution is -0.0520. The monoisotopic (exact) mass is 257 g/mol. The molecule has 0 amide bonds. The molecule has 3 heteroatoms. The third-order valence-corrected chi connectivity index (χ3v) is 2.85. The molecule has 0 aromatic rings. The van der Waals surface area contributed by atoms with Gasteiger partial charge < -0.3 is 14.8 Å². The van der Waals surface area contributed by atoms with Gasteiger partial charge in [-0.3, -0.25) is 0 Å². The minimum atomic E-state index is 0.214. The Hall–Kier alpha value is -0.120. The fourth-order valence-corrected chi connectivity index (χ4v) is 2.08. The summed E-state index contributed by atoms with van der Waals surface area (Å²) in [5.41, 5.74) is 0.462. The van der Waals surface area contributed by atoms with Crippen molar-refractivity contribution < 1.29 is 9.47 Å². The van der Waals surface area contributed by atoms with Crippen molar-refractivity contribution in [3.8, 4) is 0 Å². The molecule has 0 spiro atoms. The fourth-order valence-electron chi connectivity index (χ4n) is 2.08. The molecule has 1 N–H and O–H groups in total. The summed E-state index contributed by atoms with van der Waals surface area (Å²) >= 11 is 0. The predicted molar refractivity (Wildman–Crippen MR) is 75.9 cm³/mol. The first-order chi connectivity index (χ1) is 8.16. The first-order valence-corrected chi connectivity index (χ1v) is 7.13. The molecule has 0 heterocycles. The second-order valence-corrected chi connectivity index (χ2v) is 7.67.